The highest BCUT2D eigenvalue weighted by atomic mass is 16.5. The van der Waals surface area contributed by atoms with E-state index in [4.69, 9.17) is 15.2 Å². The maximum absolute atomic E-state index is 12.1. The van der Waals surface area contributed by atoms with Crippen LogP contribution in [0.4, 0.5) is 10.6 Å². The maximum Gasteiger partial charge on any atom is 0.407 e. The van der Waals surface area contributed by atoms with Crippen LogP contribution in [-0.4, -0.2) is 36.3 Å². The van der Waals surface area contributed by atoms with E-state index in [1.807, 2.05) is 24.3 Å². The Balaban J connectivity index is 1.28. The van der Waals surface area contributed by atoms with Crippen molar-refractivity contribution in [3.63, 3.8) is 0 Å². The summed E-state index contributed by atoms with van der Waals surface area (Å²) in [4.78, 5) is 20.3. The molecule has 0 atom stereocenters. The van der Waals surface area contributed by atoms with E-state index in [-0.39, 0.29) is 24.2 Å². The van der Waals surface area contributed by atoms with E-state index >= 15 is 0 Å². The van der Waals surface area contributed by atoms with Crippen molar-refractivity contribution in [2.45, 2.75) is 12.3 Å². The van der Waals surface area contributed by atoms with E-state index in [0.29, 0.717) is 18.7 Å². The standard InChI is InChI=1S/C24H22N4O3/c1-30-23-22(25)27-14-16(28-23)8-6-7-13-26-24(29)31-15-21-19-11-4-2-9-17(19)18-10-3-5-12-20(18)21/h2-5,9-12,14,21H,7,13,15H2,1H3,(H2,25,27)(H,26,29). The number of aromatic nitrogens is 2. The van der Waals surface area contributed by atoms with Crippen LogP contribution in [0, 0.1) is 11.8 Å². The molecule has 1 heterocycles. The molecule has 1 amide bonds. The molecule has 0 saturated carbocycles. The number of carbonyl (C=O) groups is 1. The second kappa shape index (κ2) is 9.18. The average Bonchev–Trinajstić information content (AvgIpc) is 3.12. The maximum atomic E-state index is 12.1. The zero-order valence-electron chi connectivity index (χ0n) is 17.1. The van der Waals surface area contributed by atoms with E-state index in [9.17, 15) is 4.79 Å². The van der Waals surface area contributed by atoms with Crippen molar-refractivity contribution in [1.29, 1.82) is 0 Å². The summed E-state index contributed by atoms with van der Waals surface area (Å²) >= 11 is 0. The second-order valence-electron chi connectivity index (χ2n) is 6.95. The highest BCUT2D eigenvalue weighted by Gasteiger charge is 2.28. The van der Waals surface area contributed by atoms with Crippen LogP contribution in [-0.2, 0) is 4.74 Å². The molecule has 0 unspecified atom stereocenters. The molecule has 7 nitrogen and oxygen atoms in total. The third kappa shape index (κ3) is 4.43. The Morgan fingerprint density at radius 1 is 1.13 bits per heavy atom. The summed E-state index contributed by atoms with van der Waals surface area (Å²) in [5.41, 5.74) is 10.8. The number of methoxy groups -OCH3 is 1. The minimum Gasteiger partial charge on any atom is -0.478 e. The largest absolute Gasteiger partial charge is 0.478 e. The molecule has 1 aliphatic rings. The molecule has 4 rings (SSSR count). The lowest BCUT2D eigenvalue weighted by atomic mass is 9.98. The number of hydrogen-bond donors (Lipinski definition) is 2. The van der Waals surface area contributed by atoms with Gasteiger partial charge in [-0.2, -0.15) is 4.98 Å². The van der Waals surface area contributed by atoms with Gasteiger partial charge in [0.2, 0.25) is 0 Å². The summed E-state index contributed by atoms with van der Waals surface area (Å²) < 4.78 is 10.5. The lowest BCUT2D eigenvalue weighted by Gasteiger charge is -2.14. The highest BCUT2D eigenvalue weighted by molar-refractivity contribution is 5.79. The third-order valence-corrected chi connectivity index (χ3v) is 5.04. The van der Waals surface area contributed by atoms with Crippen LogP contribution < -0.4 is 15.8 Å². The normalized spacial score (nSPS) is 11.6. The van der Waals surface area contributed by atoms with Gasteiger partial charge in [-0.3, -0.25) is 0 Å². The number of carbonyl (C=O) groups excluding carboxylic acids is 1. The summed E-state index contributed by atoms with van der Waals surface area (Å²) in [5.74, 6) is 6.29. The van der Waals surface area contributed by atoms with Gasteiger partial charge in [-0.25, -0.2) is 9.78 Å². The van der Waals surface area contributed by atoms with Crippen molar-refractivity contribution in [3.8, 4) is 28.8 Å². The molecule has 0 bridgehead atoms. The molecule has 156 valence electrons. The predicted octanol–water partition coefficient (Wildman–Crippen LogP) is 3.35. The molecular weight excluding hydrogens is 392 g/mol. The van der Waals surface area contributed by atoms with Crippen LogP contribution in [0.5, 0.6) is 5.88 Å². The Bertz CT molecular complexity index is 1120. The molecule has 3 aromatic rings. The predicted molar refractivity (Wildman–Crippen MR) is 118 cm³/mol. The molecule has 7 heteroatoms. The van der Waals surface area contributed by atoms with Gasteiger partial charge in [0.05, 0.1) is 13.3 Å². The van der Waals surface area contributed by atoms with Crippen molar-refractivity contribution < 1.29 is 14.3 Å². The minimum atomic E-state index is -0.461. The number of nitrogens with two attached hydrogens (primary N) is 1. The molecule has 2 aromatic carbocycles. The van der Waals surface area contributed by atoms with E-state index in [1.54, 1.807) is 0 Å². The van der Waals surface area contributed by atoms with Gasteiger partial charge in [-0.05, 0) is 28.2 Å². The van der Waals surface area contributed by atoms with Gasteiger partial charge < -0.3 is 20.5 Å². The third-order valence-electron chi connectivity index (χ3n) is 5.04. The van der Waals surface area contributed by atoms with Gasteiger partial charge >= 0.3 is 6.09 Å². The second-order valence-corrected chi connectivity index (χ2v) is 6.95. The van der Waals surface area contributed by atoms with Crippen LogP contribution in [0.25, 0.3) is 11.1 Å². The summed E-state index contributed by atoms with van der Waals surface area (Å²) in [5, 5.41) is 2.73. The topological polar surface area (TPSA) is 99.4 Å². The first-order valence-corrected chi connectivity index (χ1v) is 9.91. The number of fused-ring (bicyclic) bond motifs is 3. The summed E-state index contributed by atoms with van der Waals surface area (Å²) in [6.07, 6.45) is 1.46. The van der Waals surface area contributed by atoms with Crippen LogP contribution in [0.15, 0.2) is 54.7 Å². The molecular formula is C24H22N4O3. The van der Waals surface area contributed by atoms with Crippen molar-refractivity contribution in [1.82, 2.24) is 15.3 Å². The first-order valence-electron chi connectivity index (χ1n) is 9.91. The quantitative estimate of drug-likeness (QED) is 0.491. The Kier molecular flexibility index (Phi) is 5.99. The summed E-state index contributed by atoms with van der Waals surface area (Å²) in [7, 11) is 1.47. The van der Waals surface area contributed by atoms with Crippen LogP contribution in [0.3, 0.4) is 0 Å². The first-order chi connectivity index (χ1) is 15.2. The van der Waals surface area contributed by atoms with Crippen molar-refractivity contribution in [3.05, 3.63) is 71.5 Å². The molecule has 0 spiro atoms. The first kappa shape index (κ1) is 20.2. The fraction of sp³-hybridized carbons (Fsp3) is 0.208. The van der Waals surface area contributed by atoms with Crippen molar-refractivity contribution in [2.24, 2.45) is 0 Å². The van der Waals surface area contributed by atoms with Gasteiger partial charge in [0.15, 0.2) is 5.82 Å². The molecule has 31 heavy (non-hydrogen) atoms. The van der Waals surface area contributed by atoms with E-state index < -0.39 is 6.09 Å². The molecule has 1 aromatic heterocycles. The Morgan fingerprint density at radius 2 is 1.81 bits per heavy atom. The van der Waals surface area contributed by atoms with Gasteiger partial charge in [-0.15, -0.1) is 0 Å². The van der Waals surface area contributed by atoms with Crippen LogP contribution in [0.2, 0.25) is 0 Å². The number of nitrogens with one attached hydrogen (secondary N) is 1. The van der Waals surface area contributed by atoms with Gasteiger partial charge in [0.1, 0.15) is 12.3 Å². The van der Waals surface area contributed by atoms with Crippen molar-refractivity contribution in [2.75, 3.05) is 26.0 Å². The zero-order chi connectivity index (χ0) is 21.6. The number of nitrogens with zero attached hydrogens (tertiary/aromatic N) is 2. The lowest BCUT2D eigenvalue weighted by molar-refractivity contribution is 0.143. The lowest BCUT2D eigenvalue weighted by Crippen LogP contribution is -2.26. The number of benzene rings is 2. The van der Waals surface area contributed by atoms with Gasteiger partial charge in [-0.1, -0.05) is 54.5 Å². The average molecular weight is 414 g/mol. The zero-order valence-corrected chi connectivity index (χ0v) is 17.1. The number of nitrogen functional groups attached to an aromatic ring is 1. The molecule has 0 aliphatic heterocycles. The molecule has 1 aliphatic carbocycles. The Hall–Kier alpha value is -4.05. The van der Waals surface area contributed by atoms with E-state index in [1.165, 1.54) is 35.6 Å². The van der Waals surface area contributed by atoms with Gasteiger partial charge in [0.25, 0.3) is 5.88 Å². The van der Waals surface area contributed by atoms with E-state index in [0.717, 1.165) is 0 Å². The smallest absolute Gasteiger partial charge is 0.407 e. The number of alkyl carbamates (subject to hydrolysis) is 1. The van der Waals surface area contributed by atoms with Crippen LogP contribution in [0.1, 0.15) is 29.2 Å². The highest BCUT2D eigenvalue weighted by Crippen LogP contribution is 2.44. The number of rotatable bonds is 5. The molecule has 0 radical (unpaired) electrons. The molecule has 0 saturated heterocycles. The summed E-state index contributed by atoms with van der Waals surface area (Å²) in [6.45, 7) is 0.648. The van der Waals surface area contributed by atoms with Gasteiger partial charge in [0, 0.05) is 18.9 Å². The van der Waals surface area contributed by atoms with Crippen LogP contribution >= 0.6 is 0 Å². The minimum absolute atomic E-state index is 0.0389. The summed E-state index contributed by atoms with van der Waals surface area (Å²) in [6, 6.07) is 16.5. The molecule has 3 N–H and O–H groups in total. The number of hydrogen-bond acceptors (Lipinski definition) is 6. The number of anilines is 1. The fourth-order valence-electron chi connectivity index (χ4n) is 3.62. The number of amides is 1. The monoisotopic (exact) mass is 414 g/mol. The Morgan fingerprint density at radius 3 is 2.48 bits per heavy atom. The number of ether oxygens (including phenoxy) is 2. The molecule has 0 fully saturated rings. The van der Waals surface area contributed by atoms with Crippen molar-refractivity contribution >= 4 is 11.9 Å². The van der Waals surface area contributed by atoms with E-state index in [2.05, 4.69) is 51.4 Å². The Labute approximate surface area is 180 Å². The fourth-order valence-corrected chi connectivity index (χ4v) is 3.62. The SMILES string of the molecule is COc1nc(C#CCCNC(=O)OCC2c3ccccc3-c3ccccc32)cnc1N.